The van der Waals surface area contributed by atoms with Gasteiger partial charge in [-0.3, -0.25) is 0 Å². The third-order valence-electron chi connectivity index (χ3n) is 2.94. The molecule has 15 heavy (non-hydrogen) atoms. The normalized spacial score (nSPS) is 13.5. The van der Waals surface area contributed by atoms with E-state index in [9.17, 15) is 0 Å². The zero-order chi connectivity index (χ0) is 11.4. The molecule has 0 amide bonds. The van der Waals surface area contributed by atoms with Gasteiger partial charge < -0.3 is 5.32 Å². The molecule has 0 aliphatic rings. The van der Waals surface area contributed by atoms with E-state index in [-0.39, 0.29) is 0 Å². The molecule has 1 aromatic heterocycles. The van der Waals surface area contributed by atoms with Crippen molar-refractivity contribution in [2.75, 3.05) is 0 Å². The Hall–Kier alpha value is -0.340. The van der Waals surface area contributed by atoms with Gasteiger partial charge in [-0.15, -0.1) is 11.3 Å². The van der Waals surface area contributed by atoms with Crippen molar-refractivity contribution in [1.82, 2.24) is 5.32 Å². The first-order chi connectivity index (χ1) is 7.04. The van der Waals surface area contributed by atoms with Crippen LogP contribution in [-0.2, 0) is 6.54 Å². The molecule has 1 unspecified atom stereocenters. The lowest BCUT2D eigenvalue weighted by Crippen LogP contribution is -2.32. The minimum absolute atomic E-state index is 0.643. The molecule has 0 spiro atoms. The van der Waals surface area contributed by atoms with E-state index in [0.29, 0.717) is 6.04 Å². The van der Waals surface area contributed by atoms with E-state index >= 15 is 0 Å². The lowest BCUT2D eigenvalue weighted by atomic mass is 10.0. The van der Waals surface area contributed by atoms with Gasteiger partial charge in [-0.25, -0.2) is 0 Å². The summed E-state index contributed by atoms with van der Waals surface area (Å²) < 4.78 is 0. The molecule has 1 nitrogen and oxygen atoms in total. The van der Waals surface area contributed by atoms with E-state index in [4.69, 9.17) is 0 Å². The van der Waals surface area contributed by atoms with E-state index < -0.39 is 0 Å². The summed E-state index contributed by atoms with van der Waals surface area (Å²) in [6, 6.07) is 2.95. The van der Waals surface area contributed by atoms with E-state index in [1.807, 2.05) is 11.3 Å². The Labute approximate surface area is 97.9 Å². The molecule has 0 radical (unpaired) electrons. The third kappa shape index (κ3) is 3.62. The molecular weight excluding hydrogens is 202 g/mol. The first-order valence-electron chi connectivity index (χ1n) is 5.83. The van der Waals surface area contributed by atoms with Crippen molar-refractivity contribution >= 4 is 11.3 Å². The van der Waals surface area contributed by atoms with Gasteiger partial charge in [0.25, 0.3) is 0 Å². The van der Waals surface area contributed by atoms with E-state index in [1.54, 1.807) is 0 Å². The summed E-state index contributed by atoms with van der Waals surface area (Å²) in [5, 5.41) is 3.65. The van der Waals surface area contributed by atoms with Gasteiger partial charge in [-0.2, -0.15) is 0 Å². The minimum atomic E-state index is 0.643. The number of nitrogens with one attached hydrogen (secondary N) is 1. The second-order valence-electron chi connectivity index (χ2n) is 4.58. The number of aryl methyl sites for hydroxylation is 2. The fraction of sp³-hybridized carbons (Fsp3) is 0.692. The Kier molecular flexibility index (Phi) is 4.81. The van der Waals surface area contributed by atoms with Crippen molar-refractivity contribution in [3.8, 4) is 0 Å². The fourth-order valence-electron chi connectivity index (χ4n) is 1.95. The maximum absolute atomic E-state index is 3.65. The SMILES string of the molecule is CCC(NCc1cc(C)sc1C)C(C)C. The highest BCUT2D eigenvalue weighted by Crippen LogP contribution is 2.20. The van der Waals surface area contributed by atoms with Gasteiger partial charge in [0.05, 0.1) is 0 Å². The molecule has 0 aliphatic carbocycles. The average Bonchev–Trinajstić information content (AvgIpc) is 2.45. The lowest BCUT2D eigenvalue weighted by Gasteiger charge is -2.20. The summed E-state index contributed by atoms with van der Waals surface area (Å²) in [6.07, 6.45) is 1.21. The minimum Gasteiger partial charge on any atom is -0.310 e. The summed E-state index contributed by atoms with van der Waals surface area (Å²) >= 11 is 1.90. The van der Waals surface area contributed by atoms with Crippen LogP contribution in [0.3, 0.4) is 0 Å². The van der Waals surface area contributed by atoms with Gasteiger partial charge in [-0.1, -0.05) is 20.8 Å². The van der Waals surface area contributed by atoms with Crippen LogP contribution >= 0.6 is 11.3 Å². The van der Waals surface area contributed by atoms with Crippen molar-refractivity contribution in [2.24, 2.45) is 5.92 Å². The van der Waals surface area contributed by atoms with Gasteiger partial charge in [0.2, 0.25) is 0 Å². The summed E-state index contributed by atoms with van der Waals surface area (Å²) in [5.41, 5.74) is 1.47. The van der Waals surface area contributed by atoms with Crippen molar-refractivity contribution in [3.63, 3.8) is 0 Å². The van der Waals surface area contributed by atoms with Crippen LogP contribution in [0.1, 0.15) is 42.5 Å². The van der Waals surface area contributed by atoms with Crippen LogP contribution in [0.4, 0.5) is 0 Å². The second-order valence-corrected chi connectivity index (χ2v) is 6.04. The standard InChI is InChI=1S/C13H23NS/c1-6-13(9(2)3)14-8-12-7-10(4)15-11(12)5/h7,9,13-14H,6,8H2,1-5H3. The molecule has 1 rings (SSSR count). The van der Waals surface area contributed by atoms with E-state index in [0.717, 1.165) is 12.5 Å². The topological polar surface area (TPSA) is 12.0 Å². The summed E-state index contributed by atoms with van der Waals surface area (Å²) in [5.74, 6) is 0.718. The highest BCUT2D eigenvalue weighted by molar-refractivity contribution is 7.12. The van der Waals surface area contributed by atoms with Gasteiger partial charge in [0.15, 0.2) is 0 Å². The van der Waals surface area contributed by atoms with Gasteiger partial charge in [-0.05, 0) is 37.8 Å². The van der Waals surface area contributed by atoms with Gasteiger partial charge in [0.1, 0.15) is 0 Å². The molecule has 0 saturated carbocycles. The molecule has 1 aromatic rings. The molecular formula is C13H23NS. The molecule has 86 valence electrons. The van der Waals surface area contributed by atoms with Crippen molar-refractivity contribution in [1.29, 1.82) is 0 Å². The number of hydrogen-bond donors (Lipinski definition) is 1. The fourth-order valence-corrected chi connectivity index (χ4v) is 2.90. The average molecular weight is 225 g/mol. The van der Waals surface area contributed by atoms with Crippen LogP contribution in [0.15, 0.2) is 6.07 Å². The van der Waals surface area contributed by atoms with Gasteiger partial charge >= 0.3 is 0 Å². The first-order valence-corrected chi connectivity index (χ1v) is 6.65. The largest absolute Gasteiger partial charge is 0.310 e. The molecule has 0 fully saturated rings. The maximum atomic E-state index is 3.65. The zero-order valence-electron chi connectivity index (χ0n) is 10.6. The summed E-state index contributed by atoms with van der Waals surface area (Å²) in [7, 11) is 0. The Morgan fingerprint density at radius 1 is 1.33 bits per heavy atom. The van der Waals surface area contributed by atoms with Gasteiger partial charge in [0, 0.05) is 22.3 Å². The predicted molar refractivity (Wildman–Crippen MR) is 69.5 cm³/mol. The summed E-state index contributed by atoms with van der Waals surface area (Å²) in [6.45, 7) is 12.2. The van der Waals surface area contributed by atoms with E-state index in [2.05, 4.69) is 46.0 Å². The highest BCUT2D eigenvalue weighted by Gasteiger charge is 2.11. The molecule has 0 bridgehead atoms. The Balaban J connectivity index is 2.52. The third-order valence-corrected chi connectivity index (χ3v) is 3.95. The van der Waals surface area contributed by atoms with Crippen LogP contribution in [-0.4, -0.2) is 6.04 Å². The highest BCUT2D eigenvalue weighted by atomic mass is 32.1. The van der Waals surface area contributed by atoms with Crippen LogP contribution in [0.5, 0.6) is 0 Å². The number of hydrogen-bond acceptors (Lipinski definition) is 2. The van der Waals surface area contributed by atoms with Crippen molar-refractivity contribution in [2.45, 2.75) is 53.6 Å². The predicted octanol–water partition coefficient (Wildman–Crippen LogP) is 3.89. The quantitative estimate of drug-likeness (QED) is 0.801. The molecule has 1 atom stereocenters. The van der Waals surface area contributed by atoms with E-state index in [1.165, 1.54) is 21.7 Å². The Bertz CT molecular complexity index is 301. The van der Waals surface area contributed by atoms with Crippen LogP contribution in [0.25, 0.3) is 0 Å². The van der Waals surface area contributed by atoms with Crippen LogP contribution < -0.4 is 5.32 Å². The number of thiophene rings is 1. The molecule has 0 saturated heterocycles. The lowest BCUT2D eigenvalue weighted by molar-refractivity contribution is 0.387. The zero-order valence-corrected chi connectivity index (χ0v) is 11.4. The smallest absolute Gasteiger partial charge is 0.0219 e. The number of rotatable bonds is 5. The Morgan fingerprint density at radius 2 is 2.00 bits per heavy atom. The Morgan fingerprint density at radius 3 is 2.40 bits per heavy atom. The van der Waals surface area contributed by atoms with Crippen LogP contribution in [0, 0.1) is 19.8 Å². The summed E-state index contributed by atoms with van der Waals surface area (Å²) in [4.78, 5) is 2.88. The van der Waals surface area contributed by atoms with Crippen molar-refractivity contribution < 1.29 is 0 Å². The monoisotopic (exact) mass is 225 g/mol. The molecule has 1 N–H and O–H groups in total. The molecule has 0 aromatic carbocycles. The second kappa shape index (κ2) is 5.66. The molecule has 2 heteroatoms. The molecule has 0 aliphatic heterocycles. The van der Waals surface area contributed by atoms with Crippen LogP contribution in [0.2, 0.25) is 0 Å². The van der Waals surface area contributed by atoms with Crippen molar-refractivity contribution in [3.05, 3.63) is 21.4 Å². The first kappa shape index (κ1) is 12.7. The maximum Gasteiger partial charge on any atom is 0.0219 e. The molecule has 1 heterocycles.